The van der Waals surface area contributed by atoms with Gasteiger partial charge in [-0.2, -0.15) is 0 Å². The van der Waals surface area contributed by atoms with E-state index < -0.39 is 42.9 Å². The molecule has 20 heteroatoms. The summed E-state index contributed by atoms with van der Waals surface area (Å²) < 4.78 is 76.4. The van der Waals surface area contributed by atoms with Crippen molar-refractivity contribution in [1.82, 2.24) is 29.5 Å². The number of rotatable bonds is 16. The van der Waals surface area contributed by atoms with Crippen LogP contribution in [0.4, 0.5) is 26.0 Å². The number of piperazine rings is 1. The van der Waals surface area contributed by atoms with Gasteiger partial charge in [0.25, 0.3) is 15.9 Å². The van der Waals surface area contributed by atoms with Crippen molar-refractivity contribution >= 4 is 44.2 Å². The number of nitrogens with one attached hydrogen (secondary N) is 3. The summed E-state index contributed by atoms with van der Waals surface area (Å²) in [7, 11) is -3.08. The van der Waals surface area contributed by atoms with Gasteiger partial charge < -0.3 is 29.4 Å². The van der Waals surface area contributed by atoms with Crippen molar-refractivity contribution in [3.05, 3.63) is 136 Å². The Balaban J connectivity index is 0.844. The third-order valence-corrected chi connectivity index (χ3v) is 16.8. The Hall–Kier alpha value is -6.74. The van der Waals surface area contributed by atoms with Gasteiger partial charge in [0.15, 0.2) is 0 Å². The molecule has 3 aromatic heterocycles. The minimum absolute atomic E-state index is 0.0212. The van der Waals surface area contributed by atoms with E-state index in [0.717, 1.165) is 88.7 Å². The minimum Gasteiger partial charge on any atom is -0.497 e. The van der Waals surface area contributed by atoms with Crippen LogP contribution >= 0.6 is 0 Å². The number of hydrogen-bond donors (Lipinski definition) is 3. The van der Waals surface area contributed by atoms with Crippen LogP contribution in [0.3, 0.4) is 0 Å². The fourth-order valence-corrected chi connectivity index (χ4v) is 12.2. The first-order valence-electron chi connectivity index (χ1n) is 25.2. The molecule has 1 atom stereocenters. The second-order valence-corrected chi connectivity index (χ2v) is 22.2. The molecule has 74 heavy (non-hydrogen) atoms. The molecule has 3 N–H and O–H groups in total. The van der Waals surface area contributed by atoms with Crippen LogP contribution < -0.4 is 24.4 Å². The van der Waals surface area contributed by atoms with E-state index in [1.807, 2.05) is 16.9 Å². The van der Waals surface area contributed by atoms with Gasteiger partial charge in [-0.15, -0.1) is 0 Å². The molecule has 4 aliphatic rings. The summed E-state index contributed by atoms with van der Waals surface area (Å²) >= 11 is 0. The van der Waals surface area contributed by atoms with Gasteiger partial charge in [0, 0.05) is 101 Å². The summed E-state index contributed by atoms with van der Waals surface area (Å²) in [5, 5.41) is 14.9. The number of hydrogen-bond acceptors (Lipinski definition) is 14. The number of anilines is 2. The number of aromatic nitrogens is 3. The maximum absolute atomic E-state index is 15.3. The lowest BCUT2D eigenvalue weighted by Gasteiger charge is -2.58. The smallest absolute Gasteiger partial charge is 0.312 e. The molecule has 17 nitrogen and oxygen atoms in total. The van der Waals surface area contributed by atoms with E-state index in [2.05, 4.69) is 85.2 Å². The highest BCUT2D eigenvalue weighted by Crippen LogP contribution is 2.53. The normalized spacial score (nSPS) is 19.3. The van der Waals surface area contributed by atoms with E-state index in [1.54, 1.807) is 19.2 Å². The van der Waals surface area contributed by atoms with E-state index in [0.29, 0.717) is 12.0 Å². The number of halogens is 2. The topological polar surface area (TPSA) is 197 Å². The van der Waals surface area contributed by atoms with Crippen molar-refractivity contribution in [2.45, 2.75) is 87.5 Å². The maximum Gasteiger partial charge on any atom is 0.312 e. The molecular weight excluding hydrogens is 973 g/mol. The first kappa shape index (κ1) is 50.8. The Bertz CT molecular complexity index is 3140. The number of pyridine rings is 2. The zero-order valence-electron chi connectivity index (χ0n) is 41.7. The van der Waals surface area contributed by atoms with Gasteiger partial charge in [-0.1, -0.05) is 50.2 Å². The highest BCUT2D eigenvalue weighted by atomic mass is 32.2. The van der Waals surface area contributed by atoms with Gasteiger partial charge in [-0.05, 0) is 84.0 Å². The summed E-state index contributed by atoms with van der Waals surface area (Å²) in [6, 6.07) is 25.0. The van der Waals surface area contributed by atoms with Gasteiger partial charge in [0.05, 0.1) is 41.9 Å². The Morgan fingerprint density at radius 1 is 0.959 bits per heavy atom. The highest BCUT2D eigenvalue weighted by Gasteiger charge is 2.50. The van der Waals surface area contributed by atoms with Crippen LogP contribution in [0.5, 0.6) is 17.2 Å². The Morgan fingerprint density at radius 2 is 1.72 bits per heavy atom. The van der Waals surface area contributed by atoms with Crippen LogP contribution in [0.1, 0.15) is 91.4 Å². The summed E-state index contributed by atoms with van der Waals surface area (Å²) in [6.45, 7) is 9.86. The number of carbonyl (C=O) groups excluding carboxylic acids is 1. The number of nitrogens with zero attached hydrogens (tertiary/aromatic N) is 6. The number of sulfonamides is 1. The molecule has 10 rings (SSSR count). The number of aromatic amines is 1. The van der Waals surface area contributed by atoms with Crippen molar-refractivity contribution in [3.8, 4) is 17.2 Å². The monoisotopic (exact) mass is 1030 g/mol. The molecular formula is C54H61F2N9O8S. The molecule has 3 saturated heterocycles. The first-order valence-corrected chi connectivity index (χ1v) is 26.7. The summed E-state index contributed by atoms with van der Waals surface area (Å²) in [5.41, 5.74) is 2.67. The lowest BCUT2D eigenvalue weighted by Crippen LogP contribution is -2.60. The molecule has 390 valence electrons. The Kier molecular flexibility index (Phi) is 14.3. The van der Waals surface area contributed by atoms with Gasteiger partial charge in [0.2, 0.25) is 5.82 Å². The fraction of sp³-hybridized carbons (Fsp3) is 0.426. The van der Waals surface area contributed by atoms with Crippen molar-refractivity contribution < 1.29 is 41.1 Å². The molecule has 6 aromatic rings. The van der Waals surface area contributed by atoms with Crippen molar-refractivity contribution in [2.75, 3.05) is 69.8 Å². The number of methoxy groups -OCH3 is 1. The van der Waals surface area contributed by atoms with Crippen LogP contribution in [0.2, 0.25) is 0 Å². The molecule has 6 heterocycles. The number of alkyl halides is 1. The lowest BCUT2D eigenvalue weighted by atomic mass is 9.59. The van der Waals surface area contributed by atoms with Gasteiger partial charge in [-0.25, -0.2) is 31.9 Å². The zero-order chi connectivity index (χ0) is 51.8. The number of amides is 1. The quantitative estimate of drug-likeness (QED) is 0.0612. The number of fused-ring (bicyclic) bond motifs is 1. The number of ether oxygens (including phenoxy) is 3. The molecule has 3 aromatic carbocycles. The van der Waals surface area contributed by atoms with E-state index in [9.17, 15) is 27.7 Å². The molecule has 1 saturated carbocycles. The average molecular weight is 1030 g/mol. The number of benzene rings is 3. The van der Waals surface area contributed by atoms with E-state index in [1.165, 1.54) is 41.2 Å². The number of nitro groups is 1. The Morgan fingerprint density at radius 3 is 2.45 bits per heavy atom. The molecule has 0 radical (unpaired) electrons. The van der Waals surface area contributed by atoms with Crippen molar-refractivity contribution in [3.63, 3.8) is 0 Å². The molecule has 0 unspecified atom stereocenters. The van der Waals surface area contributed by atoms with Gasteiger partial charge in [0.1, 0.15) is 39.3 Å². The second kappa shape index (κ2) is 20.9. The second-order valence-electron chi connectivity index (χ2n) is 20.5. The van der Waals surface area contributed by atoms with Gasteiger partial charge in [-0.3, -0.25) is 24.7 Å². The summed E-state index contributed by atoms with van der Waals surface area (Å²) in [5.74, 6) is -0.660. The van der Waals surface area contributed by atoms with Crippen LogP contribution in [0.25, 0.3) is 11.0 Å². The molecule has 1 aliphatic carbocycles. The van der Waals surface area contributed by atoms with Crippen LogP contribution in [-0.2, 0) is 21.3 Å². The predicted molar refractivity (Wildman–Crippen MR) is 276 cm³/mol. The lowest BCUT2D eigenvalue weighted by molar-refractivity contribution is -0.384. The zero-order valence-corrected chi connectivity index (χ0v) is 42.5. The average Bonchev–Trinajstić information content (AvgIpc) is 3.77. The highest BCUT2D eigenvalue weighted by molar-refractivity contribution is 7.90. The standard InChI is InChI=1S/C54H61F2N9O8S/c1-35(2)42-6-4-5-7-43(42)48-33-62(32-36-8-11-39(71-3)12-9-36)20-21-64(48)38-27-53(28-38)14-18-63(19-15-53)37-10-13-44(49(24-37)73-40-25-45-46(55)31-59-50(45)57-29-40)52(66)61-74(69,70)41-26-47(65(67)68)51(58-30-41)60-34-54(56)16-22-72-23-17-54/h4-13,24-26,29-31,35,38,48H,14-23,27-28,32-34H2,1-3H3,(H,57,59)(H,58,60)(H,61,66)/t48-/m0/s1. The van der Waals surface area contributed by atoms with Crippen LogP contribution in [-0.4, -0.2) is 115 Å². The molecule has 1 amide bonds. The first-order chi connectivity index (χ1) is 35.6. The number of H-pyrrole nitrogens is 1. The van der Waals surface area contributed by atoms with Crippen molar-refractivity contribution in [1.29, 1.82) is 0 Å². The maximum atomic E-state index is 15.3. The molecule has 0 bridgehead atoms. The summed E-state index contributed by atoms with van der Waals surface area (Å²) in [4.78, 5) is 43.2. The van der Waals surface area contributed by atoms with Crippen molar-refractivity contribution in [2.24, 2.45) is 5.41 Å². The molecule has 1 spiro atoms. The third kappa shape index (κ3) is 10.8. The predicted octanol–water partition coefficient (Wildman–Crippen LogP) is 9.29. The minimum atomic E-state index is -4.77. The van der Waals surface area contributed by atoms with E-state index in [4.69, 9.17) is 14.2 Å². The van der Waals surface area contributed by atoms with E-state index in [-0.39, 0.29) is 78.0 Å². The molecule has 3 aliphatic heterocycles. The van der Waals surface area contributed by atoms with Crippen LogP contribution in [0, 0.1) is 21.3 Å². The molecule has 4 fully saturated rings. The Labute approximate surface area is 428 Å². The SMILES string of the molecule is COc1ccc(CN2CCN(C3CC4(CCN(c5ccc(C(=O)NS(=O)(=O)c6cnc(NCC7(F)CCOCC7)c([N+](=O)[O-])c6)c(Oc6cnc7[nH]cc(F)c7c6)c5)CC4)C3)[C@H](c3ccccc3C(C)C)C2)cc1. The van der Waals surface area contributed by atoms with Crippen LogP contribution in [0.15, 0.2) is 102 Å². The third-order valence-electron chi connectivity index (χ3n) is 15.5. The number of piperidine rings is 1. The largest absolute Gasteiger partial charge is 0.497 e. The van der Waals surface area contributed by atoms with E-state index >= 15 is 4.39 Å². The number of carbonyl (C=O) groups is 1. The summed E-state index contributed by atoms with van der Waals surface area (Å²) in [6.07, 6.45) is 7.64. The van der Waals surface area contributed by atoms with Gasteiger partial charge >= 0.3 is 5.69 Å². The fourth-order valence-electron chi connectivity index (χ4n) is 11.2.